The summed E-state index contributed by atoms with van der Waals surface area (Å²) in [7, 11) is 0. The Hall–Kier alpha value is -2.35. The van der Waals surface area contributed by atoms with Crippen LogP contribution in [0.5, 0.6) is 0 Å². The highest BCUT2D eigenvalue weighted by molar-refractivity contribution is 7.99. The number of aromatic nitrogens is 2. The number of nitrogens with zero attached hydrogens (tertiary/aromatic N) is 2. The van der Waals surface area contributed by atoms with Crippen molar-refractivity contribution in [2.45, 2.75) is 23.9 Å². The van der Waals surface area contributed by atoms with E-state index in [1.807, 2.05) is 6.92 Å². The van der Waals surface area contributed by atoms with Gasteiger partial charge in [-0.15, -0.1) is 0 Å². The van der Waals surface area contributed by atoms with Crippen molar-refractivity contribution in [3.05, 3.63) is 50.4 Å². The van der Waals surface area contributed by atoms with Gasteiger partial charge in [-0.1, -0.05) is 6.07 Å². The summed E-state index contributed by atoms with van der Waals surface area (Å²) < 4.78 is 0. The number of anilines is 1. The summed E-state index contributed by atoms with van der Waals surface area (Å²) in [5.41, 5.74) is 0.707. The summed E-state index contributed by atoms with van der Waals surface area (Å²) in [5.74, 6) is 0. The molecule has 0 fully saturated rings. The molecule has 1 heterocycles. The van der Waals surface area contributed by atoms with E-state index < -0.39 is 4.92 Å². The van der Waals surface area contributed by atoms with Crippen molar-refractivity contribution in [1.82, 2.24) is 9.97 Å². The Balaban J connectivity index is 2.46. The van der Waals surface area contributed by atoms with Gasteiger partial charge in [-0.05, 0) is 37.7 Å². The molecule has 0 atom stereocenters. The highest BCUT2D eigenvalue weighted by atomic mass is 32.2. The first-order valence-electron chi connectivity index (χ1n) is 6.28. The summed E-state index contributed by atoms with van der Waals surface area (Å²) in [6.07, 6.45) is 0. The van der Waals surface area contributed by atoms with Gasteiger partial charge in [0.1, 0.15) is 5.69 Å². The van der Waals surface area contributed by atoms with Crippen LogP contribution in [0.3, 0.4) is 0 Å². The first-order chi connectivity index (χ1) is 10.0. The van der Waals surface area contributed by atoms with E-state index in [0.29, 0.717) is 28.0 Å². The Morgan fingerprint density at radius 3 is 2.86 bits per heavy atom. The molecular weight excluding hydrogens is 292 g/mol. The van der Waals surface area contributed by atoms with E-state index in [2.05, 4.69) is 15.3 Å². The lowest BCUT2D eigenvalue weighted by Gasteiger charge is -2.08. The average Bonchev–Trinajstić information content (AvgIpc) is 2.37. The highest BCUT2D eigenvalue weighted by Gasteiger charge is 2.20. The van der Waals surface area contributed by atoms with Crippen LogP contribution in [0.25, 0.3) is 0 Å². The number of hydrogen-bond donors (Lipinski definition) is 2. The van der Waals surface area contributed by atoms with Crippen molar-refractivity contribution in [2.75, 3.05) is 11.9 Å². The molecule has 0 saturated heterocycles. The smallest absolute Gasteiger partial charge is 0.306 e. The SMILES string of the molecule is CCNc1cccc(Sc2nc(C)cc(=O)[nH]2)c1[N+](=O)[O-]. The Morgan fingerprint density at radius 2 is 2.24 bits per heavy atom. The Bertz CT molecular complexity index is 730. The van der Waals surface area contributed by atoms with Crippen LogP contribution >= 0.6 is 11.8 Å². The second-order valence-electron chi connectivity index (χ2n) is 4.23. The van der Waals surface area contributed by atoms with E-state index in [0.717, 1.165) is 11.8 Å². The highest BCUT2D eigenvalue weighted by Crippen LogP contribution is 2.37. The molecular formula is C13H14N4O3S. The van der Waals surface area contributed by atoms with Gasteiger partial charge in [0.15, 0.2) is 5.16 Å². The molecule has 0 radical (unpaired) electrons. The maximum atomic E-state index is 11.4. The van der Waals surface area contributed by atoms with Crippen molar-refractivity contribution >= 4 is 23.1 Å². The largest absolute Gasteiger partial charge is 0.380 e. The molecule has 0 bridgehead atoms. The van der Waals surface area contributed by atoms with Crippen LogP contribution in [-0.2, 0) is 0 Å². The van der Waals surface area contributed by atoms with E-state index in [4.69, 9.17) is 0 Å². The quantitative estimate of drug-likeness (QED) is 0.500. The van der Waals surface area contributed by atoms with Gasteiger partial charge in [0.2, 0.25) is 0 Å². The zero-order valence-electron chi connectivity index (χ0n) is 11.5. The molecule has 0 aliphatic heterocycles. The zero-order valence-corrected chi connectivity index (χ0v) is 12.4. The molecule has 7 nitrogen and oxygen atoms in total. The van der Waals surface area contributed by atoms with Crippen LogP contribution in [0.15, 0.2) is 39.1 Å². The van der Waals surface area contributed by atoms with Crippen molar-refractivity contribution in [2.24, 2.45) is 0 Å². The predicted molar refractivity (Wildman–Crippen MR) is 81.0 cm³/mol. The molecule has 2 aromatic rings. The monoisotopic (exact) mass is 306 g/mol. The molecule has 8 heteroatoms. The van der Waals surface area contributed by atoms with E-state index >= 15 is 0 Å². The van der Waals surface area contributed by atoms with Crippen molar-refractivity contribution in [1.29, 1.82) is 0 Å². The maximum absolute atomic E-state index is 11.4. The minimum atomic E-state index is -0.436. The lowest BCUT2D eigenvalue weighted by atomic mass is 10.2. The molecule has 1 aromatic heterocycles. The normalized spacial score (nSPS) is 10.4. The fourth-order valence-electron chi connectivity index (χ4n) is 1.83. The second kappa shape index (κ2) is 6.40. The average molecular weight is 306 g/mol. The fraction of sp³-hybridized carbons (Fsp3) is 0.231. The molecule has 0 spiro atoms. The number of nitrogens with one attached hydrogen (secondary N) is 2. The van der Waals surface area contributed by atoms with Crippen molar-refractivity contribution in [3.8, 4) is 0 Å². The topological polar surface area (TPSA) is 101 Å². The van der Waals surface area contributed by atoms with Gasteiger partial charge in [0, 0.05) is 18.3 Å². The maximum Gasteiger partial charge on any atom is 0.306 e. The Morgan fingerprint density at radius 1 is 1.48 bits per heavy atom. The number of H-pyrrole nitrogens is 1. The summed E-state index contributed by atoms with van der Waals surface area (Å²) in [5, 5.41) is 14.6. The molecule has 0 unspecified atom stereocenters. The number of aromatic amines is 1. The third-order valence-electron chi connectivity index (χ3n) is 2.60. The molecule has 0 aliphatic rings. The third-order valence-corrected chi connectivity index (χ3v) is 3.54. The van der Waals surface area contributed by atoms with Gasteiger partial charge in [-0.25, -0.2) is 4.98 Å². The van der Waals surface area contributed by atoms with Crippen LogP contribution in [0.2, 0.25) is 0 Å². The van der Waals surface area contributed by atoms with Crippen LogP contribution in [-0.4, -0.2) is 21.4 Å². The van der Waals surface area contributed by atoms with Crippen LogP contribution in [0.1, 0.15) is 12.6 Å². The molecule has 2 N–H and O–H groups in total. The number of hydrogen-bond acceptors (Lipinski definition) is 6. The molecule has 21 heavy (non-hydrogen) atoms. The summed E-state index contributed by atoms with van der Waals surface area (Å²) in [4.78, 5) is 29.5. The van der Waals surface area contributed by atoms with Crippen molar-refractivity contribution in [3.63, 3.8) is 0 Å². The predicted octanol–water partition coefficient (Wildman–Crippen LogP) is 2.57. The molecule has 1 aromatic carbocycles. The standard InChI is InChI=1S/C13H14N4O3S/c1-3-14-9-5-4-6-10(12(9)17(19)20)21-13-15-8(2)7-11(18)16-13/h4-7,14H,3H2,1-2H3,(H,15,16,18). The van der Waals surface area contributed by atoms with E-state index in [-0.39, 0.29) is 11.2 Å². The van der Waals surface area contributed by atoms with Gasteiger partial charge in [0.25, 0.3) is 5.56 Å². The van der Waals surface area contributed by atoms with Crippen LogP contribution in [0.4, 0.5) is 11.4 Å². The molecule has 110 valence electrons. The van der Waals surface area contributed by atoms with E-state index in [1.54, 1.807) is 25.1 Å². The Kier molecular flexibility index (Phi) is 4.59. The number of rotatable bonds is 5. The van der Waals surface area contributed by atoms with Gasteiger partial charge in [0.05, 0.1) is 9.82 Å². The minimum absolute atomic E-state index is 0.0199. The lowest BCUT2D eigenvalue weighted by Crippen LogP contribution is -2.08. The van der Waals surface area contributed by atoms with Gasteiger partial charge < -0.3 is 10.3 Å². The third kappa shape index (κ3) is 3.60. The first-order valence-corrected chi connectivity index (χ1v) is 7.10. The van der Waals surface area contributed by atoms with E-state index in [1.165, 1.54) is 6.07 Å². The molecule has 0 aliphatic carbocycles. The van der Waals surface area contributed by atoms with Crippen LogP contribution < -0.4 is 10.9 Å². The lowest BCUT2D eigenvalue weighted by molar-refractivity contribution is -0.386. The summed E-state index contributed by atoms with van der Waals surface area (Å²) in [6, 6.07) is 6.37. The van der Waals surface area contributed by atoms with E-state index in [9.17, 15) is 14.9 Å². The molecule has 0 amide bonds. The van der Waals surface area contributed by atoms with Gasteiger partial charge in [-0.2, -0.15) is 0 Å². The first kappa shape index (κ1) is 15.0. The number of nitro benzene ring substituents is 1. The van der Waals surface area contributed by atoms with Crippen molar-refractivity contribution < 1.29 is 4.92 Å². The summed E-state index contributed by atoms with van der Waals surface area (Å²) in [6.45, 7) is 4.14. The molecule has 2 rings (SSSR count). The second-order valence-corrected chi connectivity index (χ2v) is 5.26. The van der Waals surface area contributed by atoms with Crippen LogP contribution in [0, 0.1) is 17.0 Å². The Labute approximate surface area is 125 Å². The number of nitro groups is 1. The zero-order chi connectivity index (χ0) is 15.4. The van der Waals surface area contributed by atoms with Gasteiger partial charge in [-0.3, -0.25) is 14.9 Å². The summed E-state index contributed by atoms with van der Waals surface area (Å²) >= 11 is 1.06. The number of aryl methyl sites for hydroxylation is 1. The number of para-hydroxylation sites is 1. The minimum Gasteiger partial charge on any atom is -0.380 e. The van der Waals surface area contributed by atoms with Gasteiger partial charge >= 0.3 is 5.69 Å². The fourth-order valence-corrected chi connectivity index (χ4v) is 2.81. The number of benzene rings is 1. The molecule has 0 saturated carbocycles.